The second-order valence-corrected chi connectivity index (χ2v) is 8.51. The van der Waals surface area contributed by atoms with Gasteiger partial charge in [-0.1, -0.05) is 12.1 Å². The van der Waals surface area contributed by atoms with Gasteiger partial charge in [-0.3, -0.25) is 9.69 Å². The highest BCUT2D eigenvalue weighted by atomic mass is 16.6. The zero-order chi connectivity index (χ0) is 21.9. The third kappa shape index (κ3) is 4.39. The number of carbonyl (C=O) groups excluding carboxylic acids is 1. The van der Waals surface area contributed by atoms with E-state index in [9.17, 15) is 4.79 Å². The Morgan fingerprint density at radius 1 is 1.19 bits per heavy atom. The number of carbonyl (C=O) groups is 1. The van der Waals surface area contributed by atoms with Crippen molar-refractivity contribution in [2.24, 2.45) is 0 Å². The van der Waals surface area contributed by atoms with Crippen LogP contribution in [-0.2, 0) is 4.79 Å². The Hall–Kier alpha value is -3.19. The van der Waals surface area contributed by atoms with E-state index in [1.165, 1.54) is 10.9 Å². The molecular weight excluding hydrogens is 406 g/mol. The van der Waals surface area contributed by atoms with Gasteiger partial charge in [-0.15, -0.1) is 0 Å². The third-order valence-corrected chi connectivity index (χ3v) is 6.41. The number of H-pyrrole nitrogens is 1. The number of hydrogen-bond donors (Lipinski definition) is 2. The zero-order valence-electron chi connectivity index (χ0n) is 18.3. The monoisotopic (exact) mass is 435 g/mol. The van der Waals surface area contributed by atoms with Crippen LogP contribution in [0.3, 0.4) is 0 Å². The molecule has 1 fully saturated rings. The van der Waals surface area contributed by atoms with Crippen LogP contribution in [0, 0.1) is 0 Å². The van der Waals surface area contributed by atoms with E-state index in [0.717, 1.165) is 48.7 Å². The molecule has 1 saturated heterocycles. The number of methoxy groups -OCH3 is 1. The summed E-state index contributed by atoms with van der Waals surface area (Å²) in [6, 6.07) is 13.8. The van der Waals surface area contributed by atoms with E-state index in [2.05, 4.69) is 33.5 Å². The average molecular weight is 436 g/mol. The number of ether oxygens (including phenoxy) is 3. The molecule has 1 amide bonds. The summed E-state index contributed by atoms with van der Waals surface area (Å²) >= 11 is 0. The van der Waals surface area contributed by atoms with E-state index in [4.69, 9.17) is 14.2 Å². The normalized spacial score (nSPS) is 19.1. The van der Waals surface area contributed by atoms with Crippen LogP contribution < -0.4 is 19.5 Å². The molecule has 0 spiro atoms. The van der Waals surface area contributed by atoms with Crippen molar-refractivity contribution in [2.45, 2.75) is 24.9 Å². The van der Waals surface area contributed by atoms with Gasteiger partial charge in [0, 0.05) is 17.1 Å². The molecule has 3 heterocycles. The van der Waals surface area contributed by atoms with Crippen LogP contribution in [0.15, 0.2) is 48.7 Å². The van der Waals surface area contributed by atoms with Crippen LogP contribution in [0.25, 0.3) is 10.9 Å². The van der Waals surface area contributed by atoms with Crippen molar-refractivity contribution in [3.8, 4) is 17.2 Å². The molecule has 168 valence electrons. The van der Waals surface area contributed by atoms with Crippen molar-refractivity contribution in [1.29, 1.82) is 0 Å². The first-order valence-electron chi connectivity index (χ1n) is 11.2. The summed E-state index contributed by atoms with van der Waals surface area (Å²) in [5.41, 5.74) is 2.48. The number of likely N-dealkylation sites (tertiary alicyclic amines) is 1. The Morgan fingerprint density at radius 3 is 2.81 bits per heavy atom. The molecule has 1 atom stereocenters. The first kappa shape index (κ1) is 20.7. The lowest BCUT2D eigenvalue weighted by atomic mass is 9.89. The van der Waals surface area contributed by atoms with E-state index in [1.807, 2.05) is 30.3 Å². The number of piperidine rings is 1. The topological polar surface area (TPSA) is 75.8 Å². The molecule has 1 unspecified atom stereocenters. The van der Waals surface area contributed by atoms with Gasteiger partial charge in [0.15, 0.2) is 11.5 Å². The molecule has 1 aromatic heterocycles. The van der Waals surface area contributed by atoms with Crippen molar-refractivity contribution >= 4 is 16.8 Å². The second-order valence-electron chi connectivity index (χ2n) is 8.51. The molecule has 2 aromatic carbocycles. The SMILES string of the molecule is COc1ccc2[nH]cc(C3CCN(CC(=O)NCC4COc5ccccc5O4)CC3)c2c1. The number of aromatic nitrogens is 1. The molecule has 2 aliphatic rings. The summed E-state index contributed by atoms with van der Waals surface area (Å²) in [6.07, 6.45) is 4.03. The summed E-state index contributed by atoms with van der Waals surface area (Å²) in [4.78, 5) is 18.1. The van der Waals surface area contributed by atoms with E-state index in [1.54, 1.807) is 7.11 Å². The number of amides is 1. The maximum absolute atomic E-state index is 12.5. The number of hydrogen-bond acceptors (Lipinski definition) is 5. The largest absolute Gasteiger partial charge is 0.497 e. The lowest BCUT2D eigenvalue weighted by molar-refractivity contribution is -0.123. The van der Waals surface area contributed by atoms with Crippen molar-refractivity contribution in [2.75, 3.05) is 39.9 Å². The molecule has 2 aliphatic heterocycles. The number of fused-ring (bicyclic) bond motifs is 2. The molecule has 7 heteroatoms. The van der Waals surface area contributed by atoms with Crippen molar-refractivity contribution < 1.29 is 19.0 Å². The molecular formula is C25H29N3O4. The summed E-state index contributed by atoms with van der Waals surface area (Å²) in [6.45, 7) is 3.12. The Morgan fingerprint density at radius 2 is 2.00 bits per heavy atom. The maximum Gasteiger partial charge on any atom is 0.234 e. The van der Waals surface area contributed by atoms with Crippen molar-refractivity contribution in [3.05, 3.63) is 54.2 Å². The number of rotatable bonds is 6. The fraction of sp³-hybridized carbons (Fsp3) is 0.400. The number of para-hydroxylation sites is 2. The van der Waals surface area contributed by atoms with Gasteiger partial charge in [-0.2, -0.15) is 0 Å². The predicted octanol–water partition coefficient (Wildman–Crippen LogP) is 3.31. The van der Waals surface area contributed by atoms with Crippen LogP contribution in [0.2, 0.25) is 0 Å². The minimum Gasteiger partial charge on any atom is -0.497 e. The lowest BCUT2D eigenvalue weighted by Crippen LogP contribution is -2.45. The lowest BCUT2D eigenvalue weighted by Gasteiger charge is -2.31. The fourth-order valence-corrected chi connectivity index (χ4v) is 4.64. The molecule has 0 bridgehead atoms. The smallest absolute Gasteiger partial charge is 0.234 e. The first-order chi connectivity index (χ1) is 15.7. The van der Waals surface area contributed by atoms with Gasteiger partial charge in [0.1, 0.15) is 18.5 Å². The molecule has 2 N–H and O–H groups in total. The van der Waals surface area contributed by atoms with Crippen LogP contribution in [0.4, 0.5) is 0 Å². The van der Waals surface area contributed by atoms with Gasteiger partial charge in [0.05, 0.1) is 20.2 Å². The standard InChI is InChI=1S/C25H29N3O4/c1-30-18-6-7-22-20(12-18)21(14-26-22)17-8-10-28(11-9-17)15-25(29)27-13-19-16-31-23-4-2-3-5-24(23)32-19/h2-7,12,14,17,19,26H,8-11,13,15-16H2,1H3,(H,27,29). The highest BCUT2D eigenvalue weighted by Gasteiger charge is 2.25. The maximum atomic E-state index is 12.5. The Bertz CT molecular complexity index is 1090. The third-order valence-electron chi connectivity index (χ3n) is 6.41. The molecule has 32 heavy (non-hydrogen) atoms. The molecule has 5 rings (SSSR count). The zero-order valence-corrected chi connectivity index (χ0v) is 18.3. The van der Waals surface area contributed by atoms with Crippen molar-refractivity contribution in [1.82, 2.24) is 15.2 Å². The Balaban J connectivity index is 1.10. The first-order valence-corrected chi connectivity index (χ1v) is 11.2. The molecule has 7 nitrogen and oxygen atoms in total. The van der Waals surface area contributed by atoms with Gasteiger partial charge in [-0.05, 0) is 67.7 Å². The van der Waals surface area contributed by atoms with Crippen LogP contribution in [0.5, 0.6) is 17.2 Å². The van der Waals surface area contributed by atoms with E-state index < -0.39 is 0 Å². The quantitative estimate of drug-likeness (QED) is 0.621. The molecule has 0 aliphatic carbocycles. The highest BCUT2D eigenvalue weighted by molar-refractivity contribution is 5.85. The highest BCUT2D eigenvalue weighted by Crippen LogP contribution is 2.34. The minimum atomic E-state index is -0.168. The second kappa shape index (κ2) is 9.12. The molecule has 0 radical (unpaired) electrons. The van der Waals surface area contributed by atoms with Gasteiger partial charge < -0.3 is 24.5 Å². The predicted molar refractivity (Wildman–Crippen MR) is 123 cm³/mol. The summed E-state index contributed by atoms with van der Waals surface area (Å²) in [5.74, 6) is 2.88. The number of aromatic amines is 1. The summed E-state index contributed by atoms with van der Waals surface area (Å²) < 4.78 is 17.0. The molecule has 3 aromatic rings. The summed E-state index contributed by atoms with van der Waals surface area (Å²) in [7, 11) is 1.70. The number of benzene rings is 2. The van der Waals surface area contributed by atoms with Gasteiger partial charge in [0.2, 0.25) is 5.91 Å². The number of nitrogens with zero attached hydrogens (tertiary/aromatic N) is 1. The average Bonchev–Trinajstić information content (AvgIpc) is 3.26. The molecule has 0 saturated carbocycles. The van der Waals surface area contributed by atoms with E-state index in [-0.39, 0.29) is 12.0 Å². The number of nitrogens with one attached hydrogen (secondary N) is 2. The van der Waals surface area contributed by atoms with Gasteiger partial charge in [-0.25, -0.2) is 0 Å². The van der Waals surface area contributed by atoms with E-state index in [0.29, 0.717) is 25.6 Å². The van der Waals surface area contributed by atoms with Crippen LogP contribution >= 0.6 is 0 Å². The van der Waals surface area contributed by atoms with Crippen molar-refractivity contribution in [3.63, 3.8) is 0 Å². The van der Waals surface area contributed by atoms with Crippen LogP contribution in [-0.4, -0.2) is 61.8 Å². The van der Waals surface area contributed by atoms with Gasteiger partial charge in [0.25, 0.3) is 0 Å². The fourth-order valence-electron chi connectivity index (χ4n) is 4.64. The Kier molecular flexibility index (Phi) is 5.90. The summed E-state index contributed by atoms with van der Waals surface area (Å²) in [5, 5.41) is 4.23. The van der Waals surface area contributed by atoms with Gasteiger partial charge >= 0.3 is 0 Å². The van der Waals surface area contributed by atoms with Crippen LogP contribution in [0.1, 0.15) is 24.3 Å². The van der Waals surface area contributed by atoms with E-state index >= 15 is 0 Å². The Labute approximate surface area is 187 Å². The minimum absolute atomic E-state index is 0.0303.